The van der Waals surface area contributed by atoms with Crippen LogP contribution in [0.2, 0.25) is 5.02 Å². The molecule has 0 saturated carbocycles. The van der Waals surface area contributed by atoms with Gasteiger partial charge >= 0.3 is 0 Å². The van der Waals surface area contributed by atoms with Crippen LogP contribution < -0.4 is 0 Å². The van der Waals surface area contributed by atoms with Crippen molar-refractivity contribution in [3.63, 3.8) is 0 Å². The molecule has 0 N–H and O–H groups in total. The highest BCUT2D eigenvalue weighted by molar-refractivity contribution is 6.31. The smallest absolute Gasteiger partial charge is 0.171 e. The van der Waals surface area contributed by atoms with E-state index in [1.54, 1.807) is 4.68 Å². The van der Waals surface area contributed by atoms with Crippen molar-refractivity contribution in [3.8, 4) is 11.9 Å². The lowest BCUT2D eigenvalue weighted by Gasteiger charge is -2.17. The largest absolute Gasteiger partial charge is 0.232 e. The van der Waals surface area contributed by atoms with Crippen LogP contribution in [0.15, 0.2) is 6.07 Å². The molecular weight excluding hydrogens is 272 g/mol. The summed E-state index contributed by atoms with van der Waals surface area (Å²) in [4.78, 5) is 4.69. The average Bonchev–Trinajstić information content (AvgIpc) is 2.73. The molecule has 4 nitrogen and oxygen atoms in total. The number of halogens is 1. The van der Waals surface area contributed by atoms with E-state index in [0.717, 1.165) is 36.3 Å². The fraction of sp³-hybridized carbons (Fsp3) is 0.400. The van der Waals surface area contributed by atoms with Crippen molar-refractivity contribution in [2.24, 2.45) is 0 Å². The Morgan fingerprint density at radius 1 is 1.30 bits per heavy atom. The van der Waals surface area contributed by atoms with Gasteiger partial charge in [-0.2, -0.15) is 10.4 Å². The van der Waals surface area contributed by atoms with Crippen LogP contribution in [0.25, 0.3) is 5.82 Å². The van der Waals surface area contributed by atoms with Crippen LogP contribution >= 0.6 is 11.6 Å². The van der Waals surface area contributed by atoms with E-state index < -0.39 is 0 Å². The number of rotatable bonds is 1. The van der Waals surface area contributed by atoms with Crippen molar-refractivity contribution in [2.45, 2.75) is 39.5 Å². The first-order valence-corrected chi connectivity index (χ1v) is 7.14. The lowest BCUT2D eigenvalue weighted by Crippen LogP contribution is -2.12. The molecule has 5 heteroatoms. The normalized spacial score (nSPS) is 13.9. The molecule has 102 valence electrons. The zero-order valence-electron chi connectivity index (χ0n) is 11.6. The third kappa shape index (κ3) is 1.99. The first kappa shape index (κ1) is 13.1. The van der Waals surface area contributed by atoms with Gasteiger partial charge in [-0.25, -0.2) is 9.67 Å². The molecule has 2 aromatic heterocycles. The summed E-state index contributed by atoms with van der Waals surface area (Å²) in [6.07, 6.45) is 4.31. The summed E-state index contributed by atoms with van der Waals surface area (Å²) in [6.45, 7) is 3.75. The van der Waals surface area contributed by atoms with E-state index in [1.807, 2.05) is 19.9 Å². The average molecular weight is 287 g/mol. The predicted octanol–water partition coefficient (Wildman–Crippen LogP) is 3.29. The van der Waals surface area contributed by atoms with E-state index in [0.29, 0.717) is 16.4 Å². The Bertz CT molecular complexity index is 724. The lowest BCUT2D eigenvalue weighted by molar-refractivity contribution is 0.660. The second kappa shape index (κ2) is 4.92. The van der Waals surface area contributed by atoms with Crippen molar-refractivity contribution in [1.82, 2.24) is 14.8 Å². The second-order valence-corrected chi connectivity index (χ2v) is 5.56. The number of hydrogen-bond donors (Lipinski definition) is 0. The number of fused-ring (bicyclic) bond motifs is 1. The van der Waals surface area contributed by atoms with Gasteiger partial charge in [0.05, 0.1) is 22.0 Å². The molecule has 0 amide bonds. The van der Waals surface area contributed by atoms with E-state index in [-0.39, 0.29) is 0 Å². The first-order chi connectivity index (χ1) is 9.61. The predicted molar refractivity (Wildman–Crippen MR) is 77.2 cm³/mol. The number of nitriles is 1. The molecule has 0 bridgehead atoms. The highest BCUT2D eigenvalue weighted by Gasteiger charge is 2.19. The molecule has 0 fully saturated rings. The molecule has 1 aliphatic rings. The topological polar surface area (TPSA) is 54.5 Å². The van der Waals surface area contributed by atoms with Gasteiger partial charge in [-0.15, -0.1) is 0 Å². The molecule has 2 heterocycles. The van der Waals surface area contributed by atoms with E-state index in [2.05, 4.69) is 16.2 Å². The van der Waals surface area contributed by atoms with Crippen molar-refractivity contribution < 1.29 is 0 Å². The van der Waals surface area contributed by atoms with Crippen LogP contribution in [-0.4, -0.2) is 14.8 Å². The standard InChI is InChI=1S/C15H15ClN4/c1-9-14(16)10(2)20(19-9)15-12(8-17)7-11-5-3-4-6-13(11)18-15/h7H,3-6H2,1-2H3. The van der Waals surface area contributed by atoms with Crippen LogP contribution in [0.3, 0.4) is 0 Å². The summed E-state index contributed by atoms with van der Waals surface area (Å²) in [5.41, 5.74) is 4.43. The van der Waals surface area contributed by atoms with Gasteiger partial charge in [-0.1, -0.05) is 11.6 Å². The minimum absolute atomic E-state index is 0.563. The van der Waals surface area contributed by atoms with Gasteiger partial charge in [0.25, 0.3) is 0 Å². The molecule has 2 aromatic rings. The molecule has 0 saturated heterocycles. The Balaban J connectivity index is 2.22. The minimum atomic E-state index is 0.563. The SMILES string of the molecule is Cc1nn(-c2nc3c(cc2C#N)CCCC3)c(C)c1Cl. The number of pyridine rings is 1. The molecule has 20 heavy (non-hydrogen) atoms. The Morgan fingerprint density at radius 2 is 2.05 bits per heavy atom. The molecular formula is C15H15ClN4. The van der Waals surface area contributed by atoms with E-state index in [1.165, 1.54) is 12.0 Å². The quantitative estimate of drug-likeness (QED) is 0.808. The summed E-state index contributed by atoms with van der Waals surface area (Å²) in [7, 11) is 0. The number of aryl methyl sites for hydroxylation is 3. The van der Waals surface area contributed by atoms with Gasteiger partial charge in [0.2, 0.25) is 0 Å². The monoisotopic (exact) mass is 286 g/mol. The maximum Gasteiger partial charge on any atom is 0.171 e. The molecule has 3 rings (SSSR count). The Kier molecular flexibility index (Phi) is 3.23. The summed E-state index contributed by atoms with van der Waals surface area (Å²) in [5, 5.41) is 14.4. The van der Waals surface area contributed by atoms with Crippen LogP contribution in [0.4, 0.5) is 0 Å². The number of nitrogens with zero attached hydrogens (tertiary/aromatic N) is 4. The van der Waals surface area contributed by atoms with E-state index in [9.17, 15) is 5.26 Å². The fourth-order valence-electron chi connectivity index (χ4n) is 2.70. The Labute approximate surface area is 123 Å². The van der Waals surface area contributed by atoms with Gasteiger partial charge in [0.1, 0.15) is 6.07 Å². The van der Waals surface area contributed by atoms with Crippen LogP contribution in [-0.2, 0) is 12.8 Å². The zero-order chi connectivity index (χ0) is 14.3. The highest BCUT2D eigenvalue weighted by atomic mass is 35.5. The van der Waals surface area contributed by atoms with Crippen molar-refractivity contribution in [2.75, 3.05) is 0 Å². The highest BCUT2D eigenvalue weighted by Crippen LogP contribution is 2.27. The Morgan fingerprint density at radius 3 is 2.70 bits per heavy atom. The minimum Gasteiger partial charge on any atom is -0.232 e. The van der Waals surface area contributed by atoms with Crippen LogP contribution in [0.5, 0.6) is 0 Å². The van der Waals surface area contributed by atoms with Gasteiger partial charge in [0.15, 0.2) is 5.82 Å². The molecule has 1 aliphatic carbocycles. The molecule has 0 radical (unpaired) electrons. The number of aromatic nitrogens is 3. The maximum absolute atomic E-state index is 9.38. The summed E-state index contributed by atoms with van der Waals surface area (Å²) in [5.74, 6) is 0.598. The molecule has 0 aromatic carbocycles. The van der Waals surface area contributed by atoms with Gasteiger partial charge in [-0.3, -0.25) is 0 Å². The van der Waals surface area contributed by atoms with Gasteiger partial charge < -0.3 is 0 Å². The van der Waals surface area contributed by atoms with Crippen molar-refractivity contribution in [3.05, 3.63) is 39.3 Å². The summed E-state index contributed by atoms with van der Waals surface area (Å²) in [6, 6.07) is 4.19. The van der Waals surface area contributed by atoms with E-state index >= 15 is 0 Å². The third-order valence-electron chi connectivity index (χ3n) is 3.80. The molecule has 0 aliphatic heterocycles. The lowest BCUT2D eigenvalue weighted by atomic mass is 9.95. The van der Waals surface area contributed by atoms with Crippen molar-refractivity contribution >= 4 is 11.6 Å². The van der Waals surface area contributed by atoms with E-state index in [4.69, 9.17) is 11.6 Å². The third-order valence-corrected chi connectivity index (χ3v) is 4.35. The second-order valence-electron chi connectivity index (χ2n) is 5.18. The zero-order valence-corrected chi connectivity index (χ0v) is 12.3. The van der Waals surface area contributed by atoms with Crippen molar-refractivity contribution in [1.29, 1.82) is 5.26 Å². The van der Waals surface area contributed by atoms with Gasteiger partial charge in [-0.05, 0) is 51.2 Å². The Hall–Kier alpha value is -1.86. The summed E-state index contributed by atoms with van der Waals surface area (Å²) >= 11 is 6.19. The molecule has 0 spiro atoms. The molecule has 0 unspecified atom stereocenters. The molecule has 0 atom stereocenters. The van der Waals surface area contributed by atoms with Gasteiger partial charge in [0, 0.05) is 5.69 Å². The first-order valence-electron chi connectivity index (χ1n) is 6.77. The maximum atomic E-state index is 9.38. The van der Waals surface area contributed by atoms with Crippen LogP contribution in [0.1, 0.15) is 41.1 Å². The fourth-order valence-corrected chi connectivity index (χ4v) is 2.81. The summed E-state index contributed by atoms with van der Waals surface area (Å²) < 4.78 is 1.69. The van der Waals surface area contributed by atoms with Crippen LogP contribution in [0, 0.1) is 25.2 Å². The number of hydrogen-bond acceptors (Lipinski definition) is 3.